The van der Waals surface area contributed by atoms with Crippen LogP contribution in [0.5, 0.6) is 0 Å². The first-order valence-electron chi connectivity index (χ1n) is 5.95. The Kier molecular flexibility index (Phi) is 5.27. The zero-order valence-electron chi connectivity index (χ0n) is 11.1. The van der Waals surface area contributed by atoms with E-state index in [1.807, 2.05) is 0 Å². The van der Waals surface area contributed by atoms with Crippen molar-refractivity contribution < 1.29 is 26.3 Å². The Balaban J connectivity index is 2.63. The van der Waals surface area contributed by atoms with Gasteiger partial charge in [0.05, 0.1) is 31.2 Å². The summed E-state index contributed by atoms with van der Waals surface area (Å²) in [4.78, 5) is 0. The van der Waals surface area contributed by atoms with E-state index < -0.39 is 43.6 Å². The number of rotatable bonds is 1. The molecule has 0 amide bonds. The highest BCUT2D eigenvalue weighted by Crippen LogP contribution is 2.45. The maximum Gasteiger partial charge on any atom is 0.419 e. The van der Waals surface area contributed by atoms with Crippen LogP contribution < -0.4 is 0 Å². The molecule has 0 saturated heterocycles. The van der Waals surface area contributed by atoms with E-state index in [2.05, 4.69) is 0 Å². The number of hydrogen-bond donors (Lipinski definition) is 0. The lowest BCUT2D eigenvalue weighted by Gasteiger charge is -2.15. The van der Waals surface area contributed by atoms with E-state index in [9.17, 15) is 26.3 Å². The molecule has 0 bridgehead atoms. The molecule has 0 heterocycles. The van der Waals surface area contributed by atoms with Crippen molar-refractivity contribution in [1.29, 1.82) is 0 Å². The molecule has 0 nitrogen and oxygen atoms in total. The van der Waals surface area contributed by atoms with Gasteiger partial charge in [-0.3, -0.25) is 0 Å². The summed E-state index contributed by atoms with van der Waals surface area (Å²) in [7, 11) is 0. The van der Waals surface area contributed by atoms with Gasteiger partial charge in [0.2, 0.25) is 0 Å². The number of benzene rings is 2. The fourth-order valence-electron chi connectivity index (χ4n) is 2.02. The summed E-state index contributed by atoms with van der Waals surface area (Å²) < 4.78 is 76.9. The molecule has 0 aliphatic heterocycles. The largest absolute Gasteiger partial charge is 0.419 e. The van der Waals surface area contributed by atoms with E-state index in [0.717, 1.165) is 24.3 Å². The van der Waals surface area contributed by atoms with Gasteiger partial charge in [-0.05, 0) is 35.4 Å². The molecule has 0 aliphatic carbocycles. The Morgan fingerprint density at radius 1 is 0.500 bits per heavy atom. The third kappa shape index (κ3) is 3.87. The summed E-state index contributed by atoms with van der Waals surface area (Å²) in [6, 6.07) is 3.69. The van der Waals surface area contributed by atoms with E-state index in [1.165, 1.54) is 0 Å². The Morgan fingerprint density at radius 2 is 0.708 bits per heavy atom. The highest BCUT2D eigenvalue weighted by atomic mass is 35.5. The minimum absolute atomic E-state index is 0.0375. The van der Waals surface area contributed by atoms with Gasteiger partial charge in [-0.1, -0.05) is 46.4 Å². The third-order valence-electron chi connectivity index (χ3n) is 2.98. The molecular formula is C14H4Cl4F6. The van der Waals surface area contributed by atoms with E-state index in [-0.39, 0.29) is 11.1 Å². The van der Waals surface area contributed by atoms with Crippen molar-refractivity contribution >= 4 is 46.4 Å². The van der Waals surface area contributed by atoms with E-state index >= 15 is 0 Å². The fourth-order valence-corrected chi connectivity index (χ4v) is 3.42. The smallest absolute Gasteiger partial charge is 0.166 e. The summed E-state index contributed by atoms with van der Waals surface area (Å²) >= 11 is 22.4. The Labute approximate surface area is 151 Å². The topological polar surface area (TPSA) is 0 Å². The SMILES string of the molecule is FC(F)(F)c1c(Cl)cc(-c2cc(Cl)c(C(F)(F)F)c(Cl)c2)cc1Cl. The lowest BCUT2D eigenvalue weighted by molar-refractivity contribution is -0.138. The van der Waals surface area contributed by atoms with Crippen molar-refractivity contribution in [3.63, 3.8) is 0 Å². The van der Waals surface area contributed by atoms with Crippen molar-refractivity contribution in [2.75, 3.05) is 0 Å². The maximum absolute atomic E-state index is 12.8. The average Bonchev–Trinajstić information content (AvgIpc) is 2.33. The van der Waals surface area contributed by atoms with Crippen LogP contribution in [0.4, 0.5) is 26.3 Å². The predicted molar refractivity (Wildman–Crippen MR) is 81.9 cm³/mol. The quantitative estimate of drug-likeness (QED) is 0.404. The van der Waals surface area contributed by atoms with Crippen LogP contribution in [-0.4, -0.2) is 0 Å². The molecule has 0 N–H and O–H groups in total. The van der Waals surface area contributed by atoms with E-state index in [0.29, 0.717) is 0 Å². The van der Waals surface area contributed by atoms with Crippen LogP contribution in [0, 0.1) is 0 Å². The molecule has 2 aromatic rings. The monoisotopic (exact) mass is 426 g/mol. The van der Waals surface area contributed by atoms with Crippen molar-refractivity contribution in [3.8, 4) is 11.1 Å². The highest BCUT2D eigenvalue weighted by molar-refractivity contribution is 6.37. The first kappa shape index (κ1) is 19.5. The Morgan fingerprint density at radius 3 is 0.875 bits per heavy atom. The zero-order valence-corrected chi connectivity index (χ0v) is 14.1. The van der Waals surface area contributed by atoms with Crippen molar-refractivity contribution in [3.05, 3.63) is 55.5 Å². The Hall–Kier alpha value is -0.820. The molecule has 2 aromatic carbocycles. The van der Waals surface area contributed by atoms with Gasteiger partial charge in [0, 0.05) is 0 Å². The van der Waals surface area contributed by atoms with Crippen molar-refractivity contribution in [2.45, 2.75) is 12.4 Å². The van der Waals surface area contributed by atoms with Crippen LogP contribution in [0.2, 0.25) is 20.1 Å². The van der Waals surface area contributed by atoms with Gasteiger partial charge in [0.1, 0.15) is 0 Å². The molecule has 0 aromatic heterocycles. The van der Waals surface area contributed by atoms with Crippen molar-refractivity contribution in [2.24, 2.45) is 0 Å². The molecule has 0 saturated carbocycles. The normalized spacial score (nSPS) is 12.6. The lowest BCUT2D eigenvalue weighted by Crippen LogP contribution is -2.08. The van der Waals surface area contributed by atoms with Gasteiger partial charge in [-0.25, -0.2) is 0 Å². The molecule has 0 fully saturated rings. The zero-order chi connectivity index (χ0) is 18.4. The molecular weight excluding hydrogens is 424 g/mol. The molecule has 2 rings (SSSR count). The summed E-state index contributed by atoms with van der Waals surface area (Å²) in [6.07, 6.45) is -9.55. The molecule has 0 spiro atoms. The lowest BCUT2D eigenvalue weighted by atomic mass is 10.0. The molecule has 0 aliphatic rings. The fraction of sp³-hybridized carbons (Fsp3) is 0.143. The Bertz CT molecular complexity index is 681. The van der Waals surface area contributed by atoms with Crippen LogP contribution in [-0.2, 0) is 12.4 Å². The van der Waals surface area contributed by atoms with Gasteiger partial charge in [-0.2, -0.15) is 26.3 Å². The number of halogens is 10. The van der Waals surface area contributed by atoms with E-state index in [1.54, 1.807) is 0 Å². The van der Waals surface area contributed by atoms with Gasteiger partial charge in [0.25, 0.3) is 0 Å². The van der Waals surface area contributed by atoms with Crippen LogP contribution in [0.25, 0.3) is 11.1 Å². The standard InChI is InChI=1S/C14H4Cl4F6/c15-7-1-5(2-8(16)11(7)13(19,20)21)6-3-9(17)12(10(18)4-6)14(22,23)24/h1-4H. The van der Waals surface area contributed by atoms with Crippen LogP contribution in [0.1, 0.15) is 11.1 Å². The summed E-state index contributed by atoms with van der Waals surface area (Å²) in [5, 5.41) is -2.79. The summed E-state index contributed by atoms with van der Waals surface area (Å²) in [5.41, 5.74) is -2.40. The van der Waals surface area contributed by atoms with Gasteiger partial charge in [0.15, 0.2) is 0 Å². The minimum atomic E-state index is -4.78. The number of alkyl halides is 6. The summed E-state index contributed by atoms with van der Waals surface area (Å²) in [5.74, 6) is 0. The van der Waals surface area contributed by atoms with Gasteiger partial charge >= 0.3 is 12.4 Å². The minimum Gasteiger partial charge on any atom is -0.166 e. The van der Waals surface area contributed by atoms with Crippen LogP contribution in [0.3, 0.4) is 0 Å². The van der Waals surface area contributed by atoms with E-state index in [4.69, 9.17) is 46.4 Å². The molecule has 0 atom stereocenters. The average molecular weight is 428 g/mol. The molecule has 10 heteroatoms. The van der Waals surface area contributed by atoms with Gasteiger partial charge in [-0.15, -0.1) is 0 Å². The molecule has 0 unspecified atom stereocenters. The summed E-state index contributed by atoms with van der Waals surface area (Å²) in [6.45, 7) is 0. The van der Waals surface area contributed by atoms with Crippen molar-refractivity contribution in [1.82, 2.24) is 0 Å². The predicted octanol–water partition coefficient (Wildman–Crippen LogP) is 8.00. The second-order valence-corrected chi connectivity index (χ2v) is 6.25. The second-order valence-electron chi connectivity index (χ2n) is 4.63. The van der Waals surface area contributed by atoms with Gasteiger partial charge < -0.3 is 0 Å². The highest BCUT2D eigenvalue weighted by Gasteiger charge is 2.37. The molecule has 130 valence electrons. The molecule has 0 radical (unpaired) electrons. The van der Waals surface area contributed by atoms with Crippen LogP contribution in [0.15, 0.2) is 24.3 Å². The molecule has 24 heavy (non-hydrogen) atoms. The third-order valence-corrected chi connectivity index (χ3v) is 4.18. The maximum atomic E-state index is 12.8. The first-order chi connectivity index (χ1) is 10.8. The van der Waals surface area contributed by atoms with Crippen LogP contribution >= 0.6 is 46.4 Å². The number of hydrogen-bond acceptors (Lipinski definition) is 0. The second kappa shape index (κ2) is 6.48. The first-order valence-corrected chi connectivity index (χ1v) is 7.46.